The van der Waals surface area contributed by atoms with Gasteiger partial charge in [0.2, 0.25) is 0 Å². The minimum atomic E-state index is -0.365. The molecule has 0 radical (unpaired) electrons. The molecule has 1 amide bonds. The summed E-state index contributed by atoms with van der Waals surface area (Å²) >= 11 is 1.70. The number of benzene rings is 3. The number of aromatic nitrogens is 1. The molecule has 30 heavy (non-hydrogen) atoms. The molecule has 1 N–H and O–H groups in total. The summed E-state index contributed by atoms with van der Waals surface area (Å²) in [7, 11) is 0. The quantitative estimate of drug-likeness (QED) is 0.391. The molecule has 4 rings (SSSR count). The zero-order valence-corrected chi connectivity index (χ0v) is 17.0. The zero-order chi connectivity index (χ0) is 20.9. The van der Waals surface area contributed by atoms with E-state index >= 15 is 0 Å². The maximum atomic E-state index is 13.1. The van der Waals surface area contributed by atoms with Crippen LogP contribution in [-0.2, 0) is 12.3 Å². The van der Waals surface area contributed by atoms with Crippen LogP contribution >= 0.6 is 11.8 Å². The highest BCUT2D eigenvalue weighted by Crippen LogP contribution is 2.32. The van der Waals surface area contributed by atoms with Gasteiger partial charge in [-0.1, -0.05) is 30.3 Å². The van der Waals surface area contributed by atoms with E-state index in [4.69, 9.17) is 0 Å². The molecule has 0 bridgehead atoms. The molecular weight excluding hydrogens is 402 g/mol. The molecule has 6 heteroatoms. The van der Waals surface area contributed by atoms with Crippen molar-refractivity contribution in [2.45, 2.75) is 17.2 Å². The average Bonchev–Trinajstić information content (AvgIpc) is 3.12. The van der Waals surface area contributed by atoms with E-state index < -0.39 is 0 Å². The summed E-state index contributed by atoms with van der Waals surface area (Å²) in [4.78, 5) is 13.4. The van der Waals surface area contributed by atoms with Crippen molar-refractivity contribution in [3.05, 3.63) is 102 Å². The first-order chi connectivity index (χ1) is 14.6. The van der Waals surface area contributed by atoms with E-state index in [1.165, 1.54) is 36.4 Å². The van der Waals surface area contributed by atoms with E-state index in [0.717, 1.165) is 27.1 Å². The lowest BCUT2D eigenvalue weighted by Gasteiger charge is -2.07. The number of nitrogens with zero attached hydrogens (tertiary/aromatic N) is 1. The van der Waals surface area contributed by atoms with Gasteiger partial charge in [-0.3, -0.25) is 4.79 Å². The number of para-hydroxylation sites is 1. The van der Waals surface area contributed by atoms with Crippen molar-refractivity contribution in [3.63, 3.8) is 0 Å². The van der Waals surface area contributed by atoms with Crippen molar-refractivity contribution in [1.29, 1.82) is 0 Å². The number of rotatable bonds is 7. The molecule has 0 aliphatic rings. The molecule has 4 aromatic rings. The van der Waals surface area contributed by atoms with E-state index in [9.17, 15) is 13.6 Å². The van der Waals surface area contributed by atoms with Gasteiger partial charge >= 0.3 is 0 Å². The third kappa shape index (κ3) is 4.71. The molecule has 3 aromatic carbocycles. The summed E-state index contributed by atoms with van der Waals surface area (Å²) in [6.45, 7) is 1.07. The van der Waals surface area contributed by atoms with Crippen LogP contribution in [0.1, 0.15) is 15.9 Å². The van der Waals surface area contributed by atoms with Gasteiger partial charge in [0.15, 0.2) is 0 Å². The topological polar surface area (TPSA) is 34.0 Å². The van der Waals surface area contributed by atoms with Gasteiger partial charge in [0, 0.05) is 46.4 Å². The largest absolute Gasteiger partial charge is 0.350 e. The summed E-state index contributed by atoms with van der Waals surface area (Å²) in [6.07, 6.45) is 2.09. The number of nitrogens with one attached hydrogen (secondary N) is 1. The Morgan fingerprint density at radius 1 is 0.900 bits per heavy atom. The van der Waals surface area contributed by atoms with Gasteiger partial charge in [-0.25, -0.2) is 8.78 Å². The highest BCUT2D eigenvalue weighted by Gasteiger charge is 2.10. The summed E-state index contributed by atoms with van der Waals surface area (Å²) in [6, 6.07) is 20.2. The molecule has 0 fully saturated rings. The minimum absolute atomic E-state index is 0.225. The SMILES string of the molecule is O=C(NCCn1cc(SCc2ccc(F)cc2)c2ccccc21)c1ccc(F)cc1. The Kier molecular flexibility index (Phi) is 6.14. The highest BCUT2D eigenvalue weighted by atomic mass is 32.2. The second kappa shape index (κ2) is 9.13. The molecule has 0 spiro atoms. The molecule has 1 heterocycles. The third-order valence-corrected chi connectivity index (χ3v) is 5.92. The van der Waals surface area contributed by atoms with Crippen LogP contribution in [0.2, 0.25) is 0 Å². The van der Waals surface area contributed by atoms with Gasteiger partial charge in [0.1, 0.15) is 11.6 Å². The van der Waals surface area contributed by atoms with E-state index in [2.05, 4.69) is 28.2 Å². The molecule has 152 valence electrons. The van der Waals surface area contributed by atoms with Crippen molar-refractivity contribution >= 4 is 28.6 Å². The van der Waals surface area contributed by atoms with Crippen molar-refractivity contribution < 1.29 is 13.6 Å². The molecule has 0 atom stereocenters. The fourth-order valence-corrected chi connectivity index (χ4v) is 4.29. The fourth-order valence-electron chi connectivity index (χ4n) is 3.25. The lowest BCUT2D eigenvalue weighted by atomic mass is 10.2. The Morgan fingerprint density at radius 2 is 1.57 bits per heavy atom. The van der Waals surface area contributed by atoms with Gasteiger partial charge < -0.3 is 9.88 Å². The van der Waals surface area contributed by atoms with Crippen LogP contribution in [0, 0.1) is 11.6 Å². The maximum absolute atomic E-state index is 13.1. The number of thioether (sulfide) groups is 1. The number of halogens is 2. The summed E-state index contributed by atoms with van der Waals surface area (Å²) in [5.74, 6) is -0.0771. The smallest absolute Gasteiger partial charge is 0.251 e. The molecule has 3 nitrogen and oxygen atoms in total. The van der Waals surface area contributed by atoms with Gasteiger partial charge in [0.05, 0.1) is 0 Å². The molecular formula is C24H20F2N2OS. The second-order valence-electron chi connectivity index (χ2n) is 6.88. The number of hydrogen-bond acceptors (Lipinski definition) is 2. The van der Waals surface area contributed by atoms with Crippen LogP contribution in [0.5, 0.6) is 0 Å². The summed E-state index contributed by atoms with van der Waals surface area (Å²) < 4.78 is 28.2. The average molecular weight is 423 g/mol. The molecule has 0 aliphatic heterocycles. The predicted molar refractivity (Wildman–Crippen MR) is 117 cm³/mol. The monoisotopic (exact) mass is 422 g/mol. The Balaban J connectivity index is 1.43. The highest BCUT2D eigenvalue weighted by molar-refractivity contribution is 7.98. The predicted octanol–water partition coefficient (Wildman–Crippen LogP) is 5.64. The third-order valence-electron chi connectivity index (χ3n) is 4.80. The van der Waals surface area contributed by atoms with Crippen LogP contribution in [0.3, 0.4) is 0 Å². The Morgan fingerprint density at radius 3 is 2.30 bits per heavy atom. The Bertz CT molecular complexity index is 1150. The van der Waals surface area contributed by atoms with E-state index in [-0.39, 0.29) is 17.5 Å². The lowest BCUT2D eigenvalue weighted by Crippen LogP contribution is -2.27. The van der Waals surface area contributed by atoms with Gasteiger partial charge in [0.25, 0.3) is 5.91 Å². The van der Waals surface area contributed by atoms with E-state index in [1.807, 2.05) is 12.1 Å². The van der Waals surface area contributed by atoms with Crippen LogP contribution < -0.4 is 5.32 Å². The lowest BCUT2D eigenvalue weighted by molar-refractivity contribution is 0.0952. The fraction of sp³-hybridized carbons (Fsp3) is 0.125. The van der Waals surface area contributed by atoms with Gasteiger partial charge in [-0.15, -0.1) is 11.8 Å². The first kappa shape index (κ1) is 20.2. The van der Waals surface area contributed by atoms with Crippen molar-refractivity contribution in [3.8, 4) is 0 Å². The first-order valence-electron chi connectivity index (χ1n) is 9.59. The van der Waals surface area contributed by atoms with Crippen molar-refractivity contribution in [2.75, 3.05) is 6.54 Å². The van der Waals surface area contributed by atoms with Crippen LogP contribution in [0.25, 0.3) is 10.9 Å². The maximum Gasteiger partial charge on any atom is 0.251 e. The number of hydrogen-bond donors (Lipinski definition) is 1. The van der Waals surface area contributed by atoms with Crippen molar-refractivity contribution in [2.24, 2.45) is 0 Å². The summed E-state index contributed by atoms with van der Waals surface area (Å²) in [5.41, 5.74) is 2.59. The first-order valence-corrected chi connectivity index (χ1v) is 10.6. The van der Waals surface area contributed by atoms with Crippen LogP contribution in [0.4, 0.5) is 8.78 Å². The van der Waals surface area contributed by atoms with E-state index in [0.29, 0.717) is 18.7 Å². The Labute approximate surface area is 177 Å². The molecule has 0 unspecified atom stereocenters. The molecule has 1 aromatic heterocycles. The second-order valence-corrected chi connectivity index (χ2v) is 7.90. The Hall–Kier alpha value is -3.12. The van der Waals surface area contributed by atoms with Crippen molar-refractivity contribution in [1.82, 2.24) is 9.88 Å². The standard InChI is InChI=1S/C24H20F2N2OS/c25-19-9-5-17(6-10-19)16-30-23-15-28(22-4-2-1-3-21(22)23)14-13-27-24(29)18-7-11-20(26)12-8-18/h1-12,15H,13-14,16H2,(H,27,29). The number of amides is 1. The van der Waals surface area contributed by atoms with Crippen LogP contribution in [0.15, 0.2) is 83.9 Å². The van der Waals surface area contributed by atoms with E-state index in [1.54, 1.807) is 23.9 Å². The summed E-state index contributed by atoms with van der Waals surface area (Å²) in [5, 5.41) is 4.03. The normalized spacial score (nSPS) is 11.0. The van der Waals surface area contributed by atoms with Gasteiger partial charge in [-0.2, -0.15) is 0 Å². The van der Waals surface area contributed by atoms with Crippen LogP contribution in [-0.4, -0.2) is 17.0 Å². The molecule has 0 aliphatic carbocycles. The zero-order valence-electron chi connectivity index (χ0n) is 16.1. The number of fused-ring (bicyclic) bond motifs is 1. The number of carbonyl (C=O) groups is 1. The molecule has 0 saturated heterocycles. The molecule has 0 saturated carbocycles. The minimum Gasteiger partial charge on any atom is -0.350 e. The van der Waals surface area contributed by atoms with Gasteiger partial charge in [-0.05, 0) is 48.0 Å². The number of carbonyl (C=O) groups excluding carboxylic acids is 1.